The highest BCUT2D eigenvalue weighted by Crippen LogP contribution is 2.21. The molecule has 26 heavy (non-hydrogen) atoms. The van der Waals surface area contributed by atoms with Gasteiger partial charge in [-0.15, -0.1) is 0 Å². The van der Waals surface area contributed by atoms with E-state index in [1.165, 1.54) is 5.56 Å². The first kappa shape index (κ1) is 16.3. The van der Waals surface area contributed by atoms with Gasteiger partial charge in [-0.1, -0.05) is 30.4 Å². The standard InChI is InChI=1S/C21H21N5/c1-14-7-8-21-24-16(13-26(21)12-14)9-15(2)10-20(22-3)17-5-4-6-19-18(17)11-23-25-19/h4-8,11-13H,2,9-10H2,1,3H3,(H,23,25). The molecule has 3 aromatic heterocycles. The van der Waals surface area contributed by atoms with Crippen LogP contribution < -0.4 is 0 Å². The lowest BCUT2D eigenvalue weighted by molar-refractivity contribution is 1.05. The van der Waals surface area contributed by atoms with Gasteiger partial charge in [0.05, 0.1) is 17.4 Å². The number of pyridine rings is 1. The summed E-state index contributed by atoms with van der Waals surface area (Å²) in [5, 5.41) is 8.24. The van der Waals surface area contributed by atoms with E-state index in [1.54, 1.807) is 0 Å². The van der Waals surface area contributed by atoms with Crippen LogP contribution in [0.4, 0.5) is 0 Å². The monoisotopic (exact) mass is 343 g/mol. The van der Waals surface area contributed by atoms with Crippen molar-refractivity contribution < 1.29 is 0 Å². The Labute approximate surface area is 152 Å². The Kier molecular flexibility index (Phi) is 4.13. The average Bonchev–Trinajstić information content (AvgIpc) is 3.25. The minimum absolute atomic E-state index is 0.716. The quantitative estimate of drug-likeness (QED) is 0.437. The Balaban J connectivity index is 1.55. The Bertz CT molecular complexity index is 1130. The van der Waals surface area contributed by atoms with E-state index in [0.717, 1.165) is 45.5 Å². The summed E-state index contributed by atoms with van der Waals surface area (Å²) in [7, 11) is 1.83. The van der Waals surface area contributed by atoms with Crippen LogP contribution >= 0.6 is 0 Å². The zero-order chi connectivity index (χ0) is 18.1. The van der Waals surface area contributed by atoms with Crippen LogP contribution in [0.5, 0.6) is 0 Å². The summed E-state index contributed by atoms with van der Waals surface area (Å²) >= 11 is 0. The first-order valence-corrected chi connectivity index (χ1v) is 8.63. The van der Waals surface area contributed by atoms with Crippen LogP contribution in [0, 0.1) is 6.92 Å². The fourth-order valence-corrected chi connectivity index (χ4v) is 3.31. The highest BCUT2D eigenvalue weighted by atomic mass is 15.1. The van der Waals surface area contributed by atoms with Crippen molar-refractivity contribution in [3.63, 3.8) is 0 Å². The first-order valence-electron chi connectivity index (χ1n) is 8.63. The largest absolute Gasteiger partial charge is 0.307 e. The van der Waals surface area contributed by atoms with Gasteiger partial charge in [-0.2, -0.15) is 5.10 Å². The molecule has 0 atom stereocenters. The molecule has 1 aromatic carbocycles. The van der Waals surface area contributed by atoms with Gasteiger partial charge in [-0.05, 0) is 24.6 Å². The number of aromatic nitrogens is 4. The molecule has 0 aliphatic rings. The molecule has 3 heterocycles. The van der Waals surface area contributed by atoms with Gasteiger partial charge < -0.3 is 4.40 Å². The fraction of sp³-hybridized carbons (Fsp3) is 0.190. The second-order valence-corrected chi connectivity index (χ2v) is 6.61. The van der Waals surface area contributed by atoms with E-state index in [4.69, 9.17) is 0 Å². The van der Waals surface area contributed by atoms with Gasteiger partial charge in [0.25, 0.3) is 0 Å². The fourth-order valence-electron chi connectivity index (χ4n) is 3.31. The van der Waals surface area contributed by atoms with Gasteiger partial charge in [0.15, 0.2) is 0 Å². The van der Waals surface area contributed by atoms with Gasteiger partial charge >= 0.3 is 0 Å². The molecule has 0 saturated carbocycles. The van der Waals surface area contributed by atoms with Gasteiger partial charge in [-0.25, -0.2) is 4.98 Å². The van der Waals surface area contributed by atoms with Crippen molar-refractivity contribution in [3.05, 3.63) is 77.9 Å². The molecule has 0 spiro atoms. The number of H-pyrrole nitrogens is 1. The van der Waals surface area contributed by atoms with Gasteiger partial charge in [0.2, 0.25) is 0 Å². The number of imidazole rings is 1. The number of rotatable bonds is 5. The summed E-state index contributed by atoms with van der Waals surface area (Å²) in [6.45, 7) is 6.35. The van der Waals surface area contributed by atoms with Gasteiger partial charge in [-0.3, -0.25) is 10.1 Å². The molecular weight excluding hydrogens is 322 g/mol. The Morgan fingerprint density at radius 3 is 2.96 bits per heavy atom. The van der Waals surface area contributed by atoms with E-state index in [1.807, 2.05) is 31.4 Å². The molecule has 130 valence electrons. The van der Waals surface area contributed by atoms with Crippen molar-refractivity contribution in [2.75, 3.05) is 7.05 Å². The van der Waals surface area contributed by atoms with Crippen molar-refractivity contribution in [2.45, 2.75) is 19.8 Å². The predicted molar refractivity (Wildman–Crippen MR) is 106 cm³/mol. The molecule has 0 radical (unpaired) electrons. The summed E-state index contributed by atoms with van der Waals surface area (Å²) in [6.07, 6.45) is 7.47. The summed E-state index contributed by atoms with van der Waals surface area (Å²) in [4.78, 5) is 9.20. The van der Waals surface area contributed by atoms with Crippen LogP contribution in [-0.4, -0.2) is 32.3 Å². The molecule has 5 heteroatoms. The number of nitrogens with zero attached hydrogens (tertiary/aromatic N) is 4. The summed E-state index contributed by atoms with van der Waals surface area (Å²) in [6, 6.07) is 10.2. The number of allylic oxidation sites excluding steroid dienone is 1. The lowest BCUT2D eigenvalue weighted by Gasteiger charge is -2.09. The van der Waals surface area contributed by atoms with Crippen molar-refractivity contribution in [1.82, 2.24) is 19.6 Å². The summed E-state index contributed by atoms with van der Waals surface area (Å²) < 4.78 is 2.07. The van der Waals surface area contributed by atoms with E-state index >= 15 is 0 Å². The lowest BCUT2D eigenvalue weighted by atomic mass is 9.98. The Morgan fingerprint density at radius 1 is 1.23 bits per heavy atom. The van der Waals surface area contributed by atoms with E-state index in [2.05, 4.69) is 62.6 Å². The Morgan fingerprint density at radius 2 is 2.12 bits per heavy atom. The highest BCUT2D eigenvalue weighted by molar-refractivity contribution is 6.10. The number of fused-ring (bicyclic) bond motifs is 2. The van der Waals surface area contributed by atoms with Crippen LogP contribution in [0.3, 0.4) is 0 Å². The maximum absolute atomic E-state index is 4.69. The maximum atomic E-state index is 4.69. The third-order valence-electron chi connectivity index (χ3n) is 4.56. The molecule has 0 fully saturated rings. The second kappa shape index (κ2) is 6.59. The number of aliphatic imine (C=N–C) groups is 1. The molecule has 0 aliphatic carbocycles. The molecule has 0 bridgehead atoms. The normalized spacial score (nSPS) is 12.2. The number of hydrogen-bond acceptors (Lipinski definition) is 3. The van der Waals surface area contributed by atoms with Crippen molar-refractivity contribution in [2.24, 2.45) is 4.99 Å². The van der Waals surface area contributed by atoms with E-state index < -0.39 is 0 Å². The van der Waals surface area contributed by atoms with Crippen molar-refractivity contribution in [3.8, 4) is 0 Å². The first-order chi connectivity index (χ1) is 12.6. The predicted octanol–water partition coefficient (Wildman–Crippen LogP) is 4.13. The highest BCUT2D eigenvalue weighted by Gasteiger charge is 2.12. The number of hydrogen-bond donors (Lipinski definition) is 1. The third kappa shape index (κ3) is 3.04. The van der Waals surface area contributed by atoms with Crippen LogP contribution in [0.1, 0.15) is 23.2 Å². The SMILES string of the molecule is C=C(CC(=NC)c1cccc2[nH]ncc12)Cc1cn2cc(C)ccc2n1. The molecule has 1 N–H and O–H groups in total. The zero-order valence-corrected chi connectivity index (χ0v) is 15.0. The summed E-state index contributed by atoms with van der Waals surface area (Å²) in [5.41, 5.74) is 7.43. The van der Waals surface area contributed by atoms with Crippen LogP contribution in [0.25, 0.3) is 16.6 Å². The summed E-state index contributed by atoms with van der Waals surface area (Å²) in [5.74, 6) is 0. The molecule has 0 amide bonds. The van der Waals surface area contributed by atoms with E-state index in [-0.39, 0.29) is 0 Å². The molecule has 4 aromatic rings. The average molecular weight is 343 g/mol. The van der Waals surface area contributed by atoms with E-state index in [9.17, 15) is 0 Å². The number of aryl methyl sites for hydroxylation is 1. The smallest absolute Gasteiger partial charge is 0.136 e. The van der Waals surface area contributed by atoms with Crippen LogP contribution in [0.15, 0.2) is 66.1 Å². The number of benzene rings is 1. The molecule has 0 saturated heterocycles. The molecular formula is C21H21N5. The third-order valence-corrected chi connectivity index (χ3v) is 4.56. The van der Waals surface area contributed by atoms with Crippen molar-refractivity contribution in [1.29, 1.82) is 0 Å². The molecule has 5 nitrogen and oxygen atoms in total. The van der Waals surface area contributed by atoms with Crippen LogP contribution in [-0.2, 0) is 6.42 Å². The second-order valence-electron chi connectivity index (χ2n) is 6.61. The van der Waals surface area contributed by atoms with Gasteiger partial charge in [0, 0.05) is 48.9 Å². The van der Waals surface area contributed by atoms with Gasteiger partial charge in [0.1, 0.15) is 5.65 Å². The van der Waals surface area contributed by atoms with Crippen LogP contribution in [0.2, 0.25) is 0 Å². The minimum Gasteiger partial charge on any atom is -0.307 e. The zero-order valence-electron chi connectivity index (χ0n) is 15.0. The minimum atomic E-state index is 0.716. The molecule has 0 unspecified atom stereocenters. The lowest BCUT2D eigenvalue weighted by Crippen LogP contribution is -2.04. The molecule has 4 rings (SSSR count). The number of nitrogens with one attached hydrogen (secondary N) is 1. The molecule has 0 aliphatic heterocycles. The topological polar surface area (TPSA) is 58.3 Å². The maximum Gasteiger partial charge on any atom is 0.136 e. The van der Waals surface area contributed by atoms with E-state index in [0.29, 0.717) is 6.42 Å². The van der Waals surface area contributed by atoms with Crippen molar-refractivity contribution >= 4 is 22.3 Å². The number of aromatic amines is 1. The Hall–Kier alpha value is -3.21.